The first-order valence-electron chi connectivity index (χ1n) is 7.09. The number of halogens is 1. The van der Waals surface area contributed by atoms with Gasteiger partial charge in [-0.2, -0.15) is 4.31 Å². The predicted molar refractivity (Wildman–Crippen MR) is 85.9 cm³/mol. The molecule has 1 aromatic rings. The van der Waals surface area contributed by atoms with Crippen molar-refractivity contribution >= 4 is 26.0 Å². The molecular formula is C14H19BrN2O4S. The van der Waals surface area contributed by atoms with Crippen molar-refractivity contribution in [1.82, 2.24) is 9.62 Å². The Balaban J connectivity index is 1.95. The van der Waals surface area contributed by atoms with Crippen molar-refractivity contribution in [2.75, 3.05) is 40.4 Å². The minimum absolute atomic E-state index is 0.220. The lowest BCUT2D eigenvalue weighted by molar-refractivity contribution is 0.353. The van der Waals surface area contributed by atoms with Crippen LogP contribution in [0.4, 0.5) is 0 Å². The van der Waals surface area contributed by atoms with E-state index < -0.39 is 10.0 Å². The summed E-state index contributed by atoms with van der Waals surface area (Å²) >= 11 is 3.34. The normalized spacial score (nSPS) is 25.2. The summed E-state index contributed by atoms with van der Waals surface area (Å²) in [5, 5.41) is 3.31. The lowest BCUT2D eigenvalue weighted by atomic mass is 10.0. The van der Waals surface area contributed by atoms with Gasteiger partial charge in [-0.25, -0.2) is 8.42 Å². The van der Waals surface area contributed by atoms with E-state index in [1.165, 1.54) is 20.3 Å². The van der Waals surface area contributed by atoms with Gasteiger partial charge in [0.25, 0.3) is 0 Å². The van der Waals surface area contributed by atoms with Crippen molar-refractivity contribution in [2.24, 2.45) is 11.8 Å². The lowest BCUT2D eigenvalue weighted by Crippen LogP contribution is -2.32. The van der Waals surface area contributed by atoms with E-state index in [1.807, 2.05) is 0 Å². The first-order valence-corrected chi connectivity index (χ1v) is 9.33. The molecule has 122 valence electrons. The molecule has 0 unspecified atom stereocenters. The van der Waals surface area contributed by atoms with Crippen molar-refractivity contribution in [1.29, 1.82) is 0 Å². The second-order valence-corrected chi connectivity index (χ2v) is 8.40. The first kappa shape index (κ1) is 16.0. The summed E-state index contributed by atoms with van der Waals surface area (Å²) in [5.74, 6) is 1.73. The molecule has 8 heteroatoms. The number of nitrogens with one attached hydrogen (secondary N) is 1. The quantitative estimate of drug-likeness (QED) is 0.839. The van der Waals surface area contributed by atoms with E-state index in [9.17, 15) is 8.42 Å². The SMILES string of the molecule is COc1cc(Br)c(S(=O)(=O)N2C[C@H]3CNC[C@H]3C2)cc1OC. The van der Waals surface area contributed by atoms with Gasteiger partial charge in [0.1, 0.15) is 4.90 Å². The van der Waals surface area contributed by atoms with Crippen LogP contribution in [0.3, 0.4) is 0 Å². The fraction of sp³-hybridized carbons (Fsp3) is 0.571. The lowest BCUT2D eigenvalue weighted by Gasteiger charge is -2.19. The summed E-state index contributed by atoms with van der Waals surface area (Å²) in [6.45, 7) is 2.93. The molecule has 2 heterocycles. The molecule has 6 nitrogen and oxygen atoms in total. The minimum Gasteiger partial charge on any atom is -0.493 e. The Labute approximate surface area is 139 Å². The summed E-state index contributed by atoms with van der Waals surface area (Å²) in [7, 11) is -0.531. The summed E-state index contributed by atoms with van der Waals surface area (Å²) in [5.41, 5.74) is 0. The summed E-state index contributed by atoms with van der Waals surface area (Å²) in [6.07, 6.45) is 0. The number of nitrogens with zero attached hydrogens (tertiary/aromatic N) is 1. The third-order valence-electron chi connectivity index (χ3n) is 4.41. The highest BCUT2D eigenvalue weighted by Crippen LogP contribution is 2.38. The summed E-state index contributed by atoms with van der Waals surface area (Å²) in [6, 6.07) is 3.15. The van der Waals surface area contributed by atoms with Crippen LogP contribution in [-0.2, 0) is 10.0 Å². The second-order valence-electron chi connectivity index (χ2n) is 5.64. The number of benzene rings is 1. The Morgan fingerprint density at radius 2 is 1.68 bits per heavy atom. The maximum absolute atomic E-state index is 12.9. The average molecular weight is 391 g/mol. The van der Waals surface area contributed by atoms with Gasteiger partial charge in [-0.3, -0.25) is 0 Å². The molecule has 2 atom stereocenters. The molecular weight excluding hydrogens is 372 g/mol. The average Bonchev–Trinajstić information content (AvgIpc) is 3.08. The zero-order valence-corrected chi connectivity index (χ0v) is 14.9. The summed E-state index contributed by atoms with van der Waals surface area (Å²) < 4.78 is 38.4. The van der Waals surface area contributed by atoms with Crippen LogP contribution in [0.25, 0.3) is 0 Å². The smallest absolute Gasteiger partial charge is 0.244 e. The van der Waals surface area contributed by atoms with Gasteiger partial charge < -0.3 is 14.8 Å². The molecule has 0 saturated carbocycles. The maximum Gasteiger partial charge on any atom is 0.244 e. The molecule has 0 bridgehead atoms. The van der Waals surface area contributed by atoms with E-state index in [1.54, 1.807) is 10.4 Å². The fourth-order valence-corrected chi connectivity index (χ4v) is 5.73. The van der Waals surface area contributed by atoms with Gasteiger partial charge in [0.05, 0.1) is 14.2 Å². The van der Waals surface area contributed by atoms with E-state index in [0.29, 0.717) is 40.9 Å². The molecule has 2 aliphatic rings. The van der Waals surface area contributed by atoms with Gasteiger partial charge in [0, 0.05) is 23.6 Å². The zero-order chi connectivity index (χ0) is 15.9. The number of rotatable bonds is 4. The summed E-state index contributed by atoms with van der Waals surface area (Å²) in [4.78, 5) is 0.220. The molecule has 1 N–H and O–H groups in total. The molecule has 3 rings (SSSR count). The van der Waals surface area contributed by atoms with Gasteiger partial charge in [0.15, 0.2) is 11.5 Å². The molecule has 0 amide bonds. The highest BCUT2D eigenvalue weighted by molar-refractivity contribution is 9.10. The number of hydrogen-bond donors (Lipinski definition) is 1. The topological polar surface area (TPSA) is 67.9 Å². The zero-order valence-electron chi connectivity index (χ0n) is 12.5. The predicted octanol–water partition coefficient (Wildman–Crippen LogP) is 1.31. The fourth-order valence-electron chi connectivity index (χ4n) is 3.18. The standard InChI is InChI=1S/C14H19BrN2O4S/c1-20-12-3-11(15)14(4-13(12)21-2)22(18,19)17-7-9-5-16-6-10(9)8-17/h3-4,9-10,16H,5-8H2,1-2H3/t9-,10+. The van der Waals surface area contributed by atoms with E-state index in [0.717, 1.165) is 13.1 Å². The van der Waals surface area contributed by atoms with Crippen LogP contribution in [-0.4, -0.2) is 53.1 Å². The van der Waals surface area contributed by atoms with Crippen molar-refractivity contribution in [3.05, 3.63) is 16.6 Å². The van der Waals surface area contributed by atoms with E-state index in [4.69, 9.17) is 9.47 Å². The van der Waals surface area contributed by atoms with E-state index >= 15 is 0 Å². The van der Waals surface area contributed by atoms with Crippen LogP contribution < -0.4 is 14.8 Å². The van der Waals surface area contributed by atoms with Crippen molar-refractivity contribution in [3.8, 4) is 11.5 Å². The van der Waals surface area contributed by atoms with Crippen molar-refractivity contribution < 1.29 is 17.9 Å². The highest BCUT2D eigenvalue weighted by Gasteiger charge is 2.42. The minimum atomic E-state index is -3.55. The van der Waals surface area contributed by atoms with Crippen molar-refractivity contribution in [3.63, 3.8) is 0 Å². The van der Waals surface area contributed by atoms with Crippen LogP contribution in [0.2, 0.25) is 0 Å². The molecule has 0 aromatic heterocycles. The molecule has 2 aliphatic heterocycles. The highest BCUT2D eigenvalue weighted by atomic mass is 79.9. The van der Waals surface area contributed by atoms with E-state index in [-0.39, 0.29) is 4.90 Å². The molecule has 1 aromatic carbocycles. The Morgan fingerprint density at radius 3 is 2.23 bits per heavy atom. The Morgan fingerprint density at radius 1 is 1.14 bits per heavy atom. The number of hydrogen-bond acceptors (Lipinski definition) is 5. The molecule has 0 aliphatic carbocycles. The third-order valence-corrected chi connectivity index (χ3v) is 7.20. The van der Waals surface area contributed by atoms with E-state index in [2.05, 4.69) is 21.2 Å². The van der Waals surface area contributed by atoms with Crippen LogP contribution >= 0.6 is 15.9 Å². The maximum atomic E-state index is 12.9. The number of fused-ring (bicyclic) bond motifs is 1. The third kappa shape index (κ3) is 2.62. The molecule has 0 spiro atoms. The van der Waals surface area contributed by atoms with Crippen molar-refractivity contribution in [2.45, 2.75) is 4.90 Å². The van der Waals surface area contributed by atoms with Crippen LogP contribution in [0.1, 0.15) is 0 Å². The first-order chi connectivity index (χ1) is 10.5. The largest absolute Gasteiger partial charge is 0.493 e. The second kappa shape index (κ2) is 5.99. The number of ether oxygens (including phenoxy) is 2. The van der Waals surface area contributed by atoms with Gasteiger partial charge in [0.2, 0.25) is 10.0 Å². The molecule has 22 heavy (non-hydrogen) atoms. The van der Waals surface area contributed by atoms with Gasteiger partial charge in [-0.15, -0.1) is 0 Å². The van der Waals surface area contributed by atoms with Gasteiger partial charge in [-0.05, 0) is 46.9 Å². The monoisotopic (exact) mass is 390 g/mol. The molecule has 0 radical (unpaired) electrons. The Kier molecular flexibility index (Phi) is 4.37. The number of sulfonamides is 1. The number of methoxy groups -OCH3 is 2. The van der Waals surface area contributed by atoms with Crippen LogP contribution in [0.15, 0.2) is 21.5 Å². The van der Waals surface area contributed by atoms with Crippen LogP contribution in [0.5, 0.6) is 11.5 Å². The Hall–Kier alpha value is -0.830. The van der Waals surface area contributed by atoms with Gasteiger partial charge in [-0.1, -0.05) is 0 Å². The molecule has 2 fully saturated rings. The van der Waals surface area contributed by atoms with Crippen LogP contribution in [0, 0.1) is 11.8 Å². The Bertz CT molecular complexity index is 668. The van der Waals surface area contributed by atoms with Gasteiger partial charge >= 0.3 is 0 Å². The molecule has 2 saturated heterocycles.